The van der Waals surface area contributed by atoms with Crippen LogP contribution in [0.5, 0.6) is 0 Å². The molecule has 0 saturated carbocycles. The van der Waals surface area contributed by atoms with E-state index in [2.05, 4.69) is 44.9 Å². The summed E-state index contributed by atoms with van der Waals surface area (Å²) in [5.74, 6) is 0. The fourth-order valence-corrected chi connectivity index (χ4v) is 2.98. The van der Waals surface area contributed by atoms with Crippen molar-refractivity contribution < 1.29 is 9.53 Å². The highest BCUT2D eigenvalue weighted by Gasteiger charge is 2.15. The lowest BCUT2D eigenvalue weighted by atomic mass is 10.00. The van der Waals surface area contributed by atoms with Crippen LogP contribution in [0.3, 0.4) is 0 Å². The Kier molecular flexibility index (Phi) is 6.03. The van der Waals surface area contributed by atoms with Gasteiger partial charge in [-0.2, -0.15) is 5.10 Å². The average molecular weight is 343 g/mol. The molecule has 2 aromatic rings. The maximum Gasteiger partial charge on any atom is 0.319 e. The zero-order valence-corrected chi connectivity index (χ0v) is 14.6. The molecule has 0 aliphatic carbocycles. The molecule has 2 N–H and O–H groups in total. The van der Waals surface area contributed by atoms with Crippen LogP contribution >= 0.6 is 0 Å². The summed E-state index contributed by atoms with van der Waals surface area (Å²) in [6.07, 6.45) is 4.50. The van der Waals surface area contributed by atoms with Gasteiger partial charge in [0.15, 0.2) is 0 Å². The molecule has 7 heteroatoms. The van der Waals surface area contributed by atoms with E-state index < -0.39 is 0 Å². The lowest BCUT2D eigenvalue weighted by Gasteiger charge is -2.28. The SMILES string of the molecule is COCCn1cc(NC(=O)NCCN2CCc3ccccc3C2)cn1. The molecule has 0 unspecified atom stereocenters. The molecular weight excluding hydrogens is 318 g/mol. The quantitative estimate of drug-likeness (QED) is 0.803. The number of rotatable bonds is 7. The second-order valence-electron chi connectivity index (χ2n) is 6.16. The lowest BCUT2D eigenvalue weighted by Crippen LogP contribution is -2.39. The van der Waals surface area contributed by atoms with Gasteiger partial charge in [-0.3, -0.25) is 9.58 Å². The molecule has 2 amide bonds. The van der Waals surface area contributed by atoms with Crippen LogP contribution in [0.15, 0.2) is 36.7 Å². The smallest absolute Gasteiger partial charge is 0.319 e. The zero-order chi connectivity index (χ0) is 17.5. The first-order chi connectivity index (χ1) is 12.2. The first-order valence-corrected chi connectivity index (χ1v) is 8.60. The lowest BCUT2D eigenvalue weighted by molar-refractivity contribution is 0.183. The molecule has 1 aliphatic heterocycles. The molecular formula is C18H25N5O2. The Bertz CT molecular complexity index is 700. The third kappa shape index (κ3) is 5.04. The number of benzene rings is 1. The monoisotopic (exact) mass is 343 g/mol. The van der Waals surface area contributed by atoms with E-state index in [0.717, 1.165) is 26.1 Å². The summed E-state index contributed by atoms with van der Waals surface area (Å²) in [5.41, 5.74) is 3.51. The van der Waals surface area contributed by atoms with E-state index in [9.17, 15) is 4.79 Å². The number of aromatic nitrogens is 2. The zero-order valence-electron chi connectivity index (χ0n) is 14.6. The van der Waals surface area contributed by atoms with Gasteiger partial charge in [0.1, 0.15) is 0 Å². The fourth-order valence-electron chi connectivity index (χ4n) is 2.98. The van der Waals surface area contributed by atoms with Crippen molar-refractivity contribution in [3.8, 4) is 0 Å². The van der Waals surface area contributed by atoms with Gasteiger partial charge in [-0.15, -0.1) is 0 Å². The van der Waals surface area contributed by atoms with Gasteiger partial charge in [0, 0.05) is 39.5 Å². The van der Waals surface area contributed by atoms with E-state index in [1.54, 1.807) is 24.2 Å². The second-order valence-corrected chi connectivity index (χ2v) is 6.16. The molecule has 2 heterocycles. The summed E-state index contributed by atoms with van der Waals surface area (Å²) in [4.78, 5) is 14.3. The van der Waals surface area contributed by atoms with Crippen LogP contribution in [0.2, 0.25) is 0 Å². The Morgan fingerprint density at radius 1 is 1.28 bits per heavy atom. The summed E-state index contributed by atoms with van der Waals surface area (Å²) in [5, 5.41) is 9.87. The topological polar surface area (TPSA) is 71.4 Å². The molecule has 0 fully saturated rings. The minimum atomic E-state index is -0.205. The fraction of sp³-hybridized carbons (Fsp3) is 0.444. The Morgan fingerprint density at radius 3 is 2.96 bits per heavy atom. The average Bonchev–Trinajstić information content (AvgIpc) is 3.07. The van der Waals surface area contributed by atoms with Crippen LogP contribution in [0.25, 0.3) is 0 Å². The molecule has 0 spiro atoms. The molecule has 1 aromatic carbocycles. The Hall–Kier alpha value is -2.38. The number of urea groups is 1. The Labute approximate surface area is 148 Å². The predicted molar refractivity (Wildman–Crippen MR) is 96.5 cm³/mol. The van der Waals surface area contributed by atoms with Crippen molar-refractivity contribution in [1.29, 1.82) is 0 Å². The Balaban J connectivity index is 1.38. The molecule has 25 heavy (non-hydrogen) atoms. The highest BCUT2D eigenvalue weighted by Crippen LogP contribution is 2.17. The number of hydrogen-bond acceptors (Lipinski definition) is 4. The van der Waals surface area contributed by atoms with Crippen molar-refractivity contribution in [2.45, 2.75) is 19.5 Å². The summed E-state index contributed by atoms with van der Waals surface area (Å²) in [7, 11) is 1.65. The number of amides is 2. The maximum absolute atomic E-state index is 12.0. The number of hydrogen-bond donors (Lipinski definition) is 2. The highest BCUT2D eigenvalue weighted by atomic mass is 16.5. The van der Waals surface area contributed by atoms with Gasteiger partial charge >= 0.3 is 6.03 Å². The molecule has 0 atom stereocenters. The molecule has 134 valence electrons. The van der Waals surface area contributed by atoms with Gasteiger partial charge in [0.25, 0.3) is 0 Å². The van der Waals surface area contributed by atoms with Crippen molar-refractivity contribution in [2.24, 2.45) is 0 Å². The third-order valence-corrected chi connectivity index (χ3v) is 4.34. The number of fused-ring (bicyclic) bond motifs is 1. The molecule has 1 aliphatic rings. The van der Waals surface area contributed by atoms with Crippen molar-refractivity contribution in [3.05, 3.63) is 47.8 Å². The molecule has 0 saturated heterocycles. The summed E-state index contributed by atoms with van der Waals surface area (Å²) >= 11 is 0. The van der Waals surface area contributed by atoms with Crippen LogP contribution in [0.1, 0.15) is 11.1 Å². The minimum Gasteiger partial charge on any atom is -0.383 e. The van der Waals surface area contributed by atoms with Crippen molar-refractivity contribution >= 4 is 11.7 Å². The van der Waals surface area contributed by atoms with Gasteiger partial charge in [-0.05, 0) is 17.5 Å². The minimum absolute atomic E-state index is 0.205. The maximum atomic E-state index is 12.0. The summed E-state index contributed by atoms with van der Waals surface area (Å²) in [6.45, 7) is 4.70. The van der Waals surface area contributed by atoms with Crippen molar-refractivity contribution in [3.63, 3.8) is 0 Å². The standard InChI is InChI=1S/C18H25N5O2/c1-25-11-10-23-14-17(12-20-23)21-18(24)19-7-9-22-8-6-15-4-2-3-5-16(15)13-22/h2-5,12,14H,6-11,13H2,1H3,(H2,19,21,24). The first kappa shape index (κ1) is 17.4. The third-order valence-electron chi connectivity index (χ3n) is 4.34. The first-order valence-electron chi connectivity index (χ1n) is 8.60. The van der Waals surface area contributed by atoms with Crippen molar-refractivity contribution in [2.75, 3.05) is 38.7 Å². The summed E-state index contributed by atoms with van der Waals surface area (Å²) in [6, 6.07) is 8.36. The molecule has 7 nitrogen and oxygen atoms in total. The predicted octanol–water partition coefficient (Wildman–Crippen LogP) is 1.71. The number of nitrogens with one attached hydrogen (secondary N) is 2. The van der Waals surface area contributed by atoms with Crippen LogP contribution < -0.4 is 10.6 Å². The molecule has 0 radical (unpaired) electrons. The van der Waals surface area contributed by atoms with Gasteiger partial charge < -0.3 is 15.4 Å². The van der Waals surface area contributed by atoms with Gasteiger partial charge in [-0.25, -0.2) is 4.79 Å². The Morgan fingerprint density at radius 2 is 2.12 bits per heavy atom. The van der Waals surface area contributed by atoms with Crippen LogP contribution in [0.4, 0.5) is 10.5 Å². The van der Waals surface area contributed by atoms with Crippen LogP contribution in [-0.4, -0.2) is 54.1 Å². The van der Waals surface area contributed by atoms with E-state index in [0.29, 0.717) is 25.4 Å². The molecule has 1 aromatic heterocycles. The summed E-state index contributed by atoms with van der Waals surface area (Å²) < 4.78 is 6.74. The number of carbonyl (C=O) groups is 1. The number of carbonyl (C=O) groups excluding carboxylic acids is 1. The number of nitrogens with zero attached hydrogens (tertiary/aromatic N) is 3. The van der Waals surface area contributed by atoms with Crippen LogP contribution in [0, 0.1) is 0 Å². The van der Waals surface area contributed by atoms with Crippen LogP contribution in [-0.2, 0) is 24.2 Å². The number of ether oxygens (including phenoxy) is 1. The molecule has 3 rings (SSSR count). The molecule has 0 bridgehead atoms. The van der Waals surface area contributed by atoms with Gasteiger partial charge in [0.2, 0.25) is 0 Å². The van der Waals surface area contributed by atoms with E-state index in [-0.39, 0.29) is 6.03 Å². The number of methoxy groups -OCH3 is 1. The van der Waals surface area contributed by atoms with Crippen molar-refractivity contribution in [1.82, 2.24) is 20.0 Å². The normalized spacial score (nSPS) is 14.1. The van der Waals surface area contributed by atoms with Gasteiger partial charge in [0.05, 0.1) is 25.0 Å². The van der Waals surface area contributed by atoms with E-state index in [1.807, 2.05) is 0 Å². The van der Waals surface area contributed by atoms with Gasteiger partial charge in [-0.1, -0.05) is 24.3 Å². The van der Waals surface area contributed by atoms with E-state index in [1.165, 1.54) is 11.1 Å². The van der Waals surface area contributed by atoms with E-state index in [4.69, 9.17) is 4.74 Å². The highest BCUT2D eigenvalue weighted by molar-refractivity contribution is 5.88. The van der Waals surface area contributed by atoms with E-state index >= 15 is 0 Å². The largest absolute Gasteiger partial charge is 0.383 e. The number of anilines is 1. The second kappa shape index (κ2) is 8.64.